The molecular formula is C14H20FNO5. The van der Waals surface area contributed by atoms with Crippen LogP contribution < -0.4 is 5.32 Å². The summed E-state index contributed by atoms with van der Waals surface area (Å²) in [7, 11) is 0. The maximum absolute atomic E-state index is 13.4. The van der Waals surface area contributed by atoms with E-state index in [4.69, 9.17) is 9.84 Å². The van der Waals surface area contributed by atoms with E-state index in [2.05, 4.69) is 5.32 Å². The maximum atomic E-state index is 13.4. The van der Waals surface area contributed by atoms with Gasteiger partial charge in [-0.15, -0.1) is 0 Å². The van der Waals surface area contributed by atoms with Crippen molar-refractivity contribution in [3.8, 4) is 0 Å². The van der Waals surface area contributed by atoms with Gasteiger partial charge in [-0.25, -0.2) is 4.39 Å². The molecule has 1 unspecified atom stereocenters. The van der Waals surface area contributed by atoms with Crippen LogP contribution in [0.15, 0.2) is 24.3 Å². The SMILES string of the molecule is OC[C@H]1OC(CNCc2ccccc2F)[C@H](O)[C@@H](O)[C@@H]1O. The molecule has 1 fully saturated rings. The Kier molecular flexibility index (Phi) is 5.63. The van der Waals surface area contributed by atoms with Crippen molar-refractivity contribution in [1.82, 2.24) is 5.32 Å². The summed E-state index contributed by atoms with van der Waals surface area (Å²) < 4.78 is 18.8. The summed E-state index contributed by atoms with van der Waals surface area (Å²) in [5.41, 5.74) is 0.474. The highest BCUT2D eigenvalue weighted by Gasteiger charge is 2.42. The lowest BCUT2D eigenvalue weighted by atomic mass is 9.95. The van der Waals surface area contributed by atoms with Crippen molar-refractivity contribution in [3.05, 3.63) is 35.6 Å². The number of nitrogens with one attached hydrogen (secondary N) is 1. The lowest BCUT2D eigenvalue weighted by molar-refractivity contribution is -0.227. The van der Waals surface area contributed by atoms with Gasteiger partial charge < -0.3 is 30.5 Å². The summed E-state index contributed by atoms with van der Waals surface area (Å²) in [5.74, 6) is -0.334. The van der Waals surface area contributed by atoms with E-state index in [0.29, 0.717) is 5.56 Å². The largest absolute Gasteiger partial charge is 0.394 e. The molecule has 6 nitrogen and oxygen atoms in total. The van der Waals surface area contributed by atoms with E-state index >= 15 is 0 Å². The lowest BCUT2D eigenvalue weighted by Crippen LogP contribution is -2.60. The Bertz CT molecular complexity index is 459. The quantitative estimate of drug-likeness (QED) is 0.466. The molecule has 1 aromatic carbocycles. The molecule has 0 amide bonds. The summed E-state index contributed by atoms with van der Waals surface area (Å²) in [5, 5.41) is 41.1. The average Bonchev–Trinajstić information content (AvgIpc) is 2.49. The highest BCUT2D eigenvalue weighted by atomic mass is 19.1. The number of ether oxygens (including phenoxy) is 1. The lowest BCUT2D eigenvalue weighted by Gasteiger charge is -2.40. The topological polar surface area (TPSA) is 102 Å². The normalized spacial score (nSPS) is 33.1. The molecule has 2 rings (SSSR count). The average molecular weight is 301 g/mol. The van der Waals surface area contributed by atoms with Crippen LogP contribution in [-0.2, 0) is 11.3 Å². The Morgan fingerprint density at radius 3 is 2.38 bits per heavy atom. The van der Waals surface area contributed by atoms with Gasteiger partial charge in [-0.05, 0) is 6.07 Å². The molecule has 1 aliphatic rings. The van der Waals surface area contributed by atoms with Crippen LogP contribution in [0, 0.1) is 5.82 Å². The van der Waals surface area contributed by atoms with Crippen molar-refractivity contribution >= 4 is 0 Å². The molecule has 0 aromatic heterocycles. The van der Waals surface area contributed by atoms with Gasteiger partial charge in [0.15, 0.2) is 0 Å². The second-order valence-corrected chi connectivity index (χ2v) is 5.09. The minimum absolute atomic E-state index is 0.149. The van der Waals surface area contributed by atoms with Crippen LogP contribution in [-0.4, -0.2) is 64.1 Å². The van der Waals surface area contributed by atoms with Gasteiger partial charge >= 0.3 is 0 Å². The first-order valence-corrected chi connectivity index (χ1v) is 6.79. The fourth-order valence-electron chi connectivity index (χ4n) is 2.34. The highest BCUT2D eigenvalue weighted by molar-refractivity contribution is 5.16. The van der Waals surface area contributed by atoms with Gasteiger partial charge in [0, 0.05) is 18.7 Å². The van der Waals surface area contributed by atoms with E-state index in [9.17, 15) is 19.7 Å². The first-order chi connectivity index (χ1) is 10.0. The van der Waals surface area contributed by atoms with E-state index < -0.39 is 37.1 Å². The Balaban J connectivity index is 1.89. The second kappa shape index (κ2) is 7.26. The van der Waals surface area contributed by atoms with Gasteiger partial charge in [-0.3, -0.25) is 0 Å². The number of rotatable bonds is 5. The standard InChI is InChI=1S/C14H20FNO5/c15-9-4-2-1-3-8(9)5-16-6-10-12(18)14(20)13(19)11(7-17)21-10/h1-4,10-14,16-20H,5-7H2/t10?,11-,12+,13-,14-/m1/s1. The Morgan fingerprint density at radius 2 is 1.71 bits per heavy atom. The molecule has 1 aromatic rings. The molecular weight excluding hydrogens is 281 g/mol. The predicted octanol–water partition coefficient (Wildman–Crippen LogP) is -1.24. The summed E-state index contributed by atoms with van der Waals surface area (Å²) in [6.45, 7) is -0.0771. The van der Waals surface area contributed by atoms with Crippen molar-refractivity contribution in [3.63, 3.8) is 0 Å². The predicted molar refractivity (Wildman–Crippen MR) is 71.9 cm³/mol. The van der Waals surface area contributed by atoms with Crippen LogP contribution in [0.2, 0.25) is 0 Å². The van der Waals surface area contributed by atoms with E-state index in [1.807, 2.05) is 0 Å². The molecule has 1 aliphatic heterocycles. The second-order valence-electron chi connectivity index (χ2n) is 5.09. The molecule has 0 radical (unpaired) electrons. The molecule has 0 bridgehead atoms. The van der Waals surface area contributed by atoms with Crippen molar-refractivity contribution in [2.24, 2.45) is 0 Å². The van der Waals surface area contributed by atoms with Gasteiger partial charge in [-0.2, -0.15) is 0 Å². The van der Waals surface area contributed by atoms with Gasteiger partial charge in [-0.1, -0.05) is 18.2 Å². The molecule has 21 heavy (non-hydrogen) atoms. The molecule has 0 spiro atoms. The van der Waals surface area contributed by atoms with Gasteiger partial charge in [0.25, 0.3) is 0 Å². The number of halogens is 1. The van der Waals surface area contributed by atoms with Crippen LogP contribution in [0.5, 0.6) is 0 Å². The minimum atomic E-state index is -1.39. The zero-order chi connectivity index (χ0) is 15.4. The molecule has 118 valence electrons. The zero-order valence-electron chi connectivity index (χ0n) is 11.4. The van der Waals surface area contributed by atoms with E-state index in [-0.39, 0.29) is 18.9 Å². The van der Waals surface area contributed by atoms with Crippen LogP contribution >= 0.6 is 0 Å². The van der Waals surface area contributed by atoms with Gasteiger partial charge in [0.1, 0.15) is 30.2 Å². The van der Waals surface area contributed by atoms with E-state index in [1.165, 1.54) is 6.07 Å². The smallest absolute Gasteiger partial charge is 0.127 e. The third-order valence-corrected chi connectivity index (χ3v) is 3.61. The first-order valence-electron chi connectivity index (χ1n) is 6.79. The van der Waals surface area contributed by atoms with Gasteiger partial charge in [0.05, 0.1) is 12.7 Å². The van der Waals surface area contributed by atoms with Crippen LogP contribution in [0.4, 0.5) is 4.39 Å². The molecule has 1 saturated heterocycles. The number of benzene rings is 1. The van der Waals surface area contributed by atoms with Gasteiger partial charge in [0.2, 0.25) is 0 Å². The molecule has 5 atom stereocenters. The zero-order valence-corrected chi connectivity index (χ0v) is 11.4. The minimum Gasteiger partial charge on any atom is -0.394 e. The molecule has 0 saturated carbocycles. The monoisotopic (exact) mass is 301 g/mol. The fraction of sp³-hybridized carbons (Fsp3) is 0.571. The van der Waals surface area contributed by atoms with Crippen LogP contribution in [0.25, 0.3) is 0 Å². The molecule has 7 heteroatoms. The van der Waals surface area contributed by atoms with Crippen molar-refractivity contribution in [1.29, 1.82) is 0 Å². The van der Waals surface area contributed by atoms with Crippen LogP contribution in [0.3, 0.4) is 0 Å². The van der Waals surface area contributed by atoms with Crippen molar-refractivity contribution in [2.75, 3.05) is 13.2 Å². The summed E-state index contributed by atoms with van der Waals surface area (Å²) in [4.78, 5) is 0. The molecule has 0 aliphatic carbocycles. The van der Waals surface area contributed by atoms with Crippen molar-refractivity contribution in [2.45, 2.75) is 37.1 Å². The Morgan fingerprint density at radius 1 is 1.05 bits per heavy atom. The maximum Gasteiger partial charge on any atom is 0.127 e. The molecule has 5 N–H and O–H groups in total. The Labute approximate surface area is 121 Å². The van der Waals surface area contributed by atoms with E-state index in [1.54, 1.807) is 18.2 Å². The third kappa shape index (κ3) is 3.76. The highest BCUT2D eigenvalue weighted by Crippen LogP contribution is 2.20. The fourth-order valence-corrected chi connectivity index (χ4v) is 2.34. The van der Waals surface area contributed by atoms with Crippen molar-refractivity contribution < 1.29 is 29.6 Å². The summed E-state index contributed by atoms with van der Waals surface area (Å²) >= 11 is 0. The summed E-state index contributed by atoms with van der Waals surface area (Å²) in [6, 6.07) is 6.30. The number of hydrogen-bond donors (Lipinski definition) is 5. The number of hydrogen-bond acceptors (Lipinski definition) is 6. The summed E-state index contributed by atoms with van der Waals surface area (Å²) in [6.07, 6.45) is -5.77. The molecule has 1 heterocycles. The number of aliphatic hydroxyl groups excluding tert-OH is 4. The third-order valence-electron chi connectivity index (χ3n) is 3.61. The Hall–Kier alpha value is -1.09. The number of aliphatic hydroxyl groups is 4. The van der Waals surface area contributed by atoms with Crippen LogP contribution in [0.1, 0.15) is 5.56 Å². The first kappa shape index (κ1) is 16.3. The van der Waals surface area contributed by atoms with E-state index in [0.717, 1.165) is 0 Å².